The summed E-state index contributed by atoms with van der Waals surface area (Å²) in [6.07, 6.45) is 3.62. The Hall–Kier alpha value is -3.08. The summed E-state index contributed by atoms with van der Waals surface area (Å²) >= 11 is 0. The zero-order valence-corrected chi connectivity index (χ0v) is 14.6. The highest BCUT2D eigenvalue weighted by molar-refractivity contribution is 6.11. The maximum atomic E-state index is 6.02. The van der Waals surface area contributed by atoms with E-state index in [1.807, 2.05) is 73.3 Å². The van der Waals surface area contributed by atoms with Crippen LogP contribution in [0.1, 0.15) is 22.5 Å². The molecule has 5 nitrogen and oxygen atoms in total. The van der Waals surface area contributed by atoms with Crippen LogP contribution in [0.3, 0.4) is 0 Å². The molecule has 128 valence electrons. The quantitative estimate of drug-likeness (QED) is 0.510. The van der Waals surface area contributed by atoms with Crippen molar-refractivity contribution in [3.63, 3.8) is 0 Å². The Morgan fingerprint density at radius 2 is 1.88 bits per heavy atom. The summed E-state index contributed by atoms with van der Waals surface area (Å²) in [5.74, 6) is 1.62. The summed E-state index contributed by atoms with van der Waals surface area (Å²) in [7, 11) is 3.47. The van der Waals surface area contributed by atoms with E-state index >= 15 is 0 Å². The Morgan fingerprint density at radius 3 is 2.60 bits per heavy atom. The van der Waals surface area contributed by atoms with Crippen LogP contribution in [-0.2, 0) is 18.5 Å². The molecule has 0 saturated heterocycles. The molecular weight excluding hydrogens is 314 g/mol. The van der Waals surface area contributed by atoms with Gasteiger partial charge in [-0.2, -0.15) is 0 Å². The Balaban J connectivity index is 1.93. The van der Waals surface area contributed by atoms with Crippen molar-refractivity contribution in [1.82, 2.24) is 9.55 Å². The molecule has 0 amide bonds. The molecule has 0 atom stereocenters. The Labute approximate surface area is 147 Å². The van der Waals surface area contributed by atoms with Crippen LogP contribution in [-0.4, -0.2) is 22.4 Å². The van der Waals surface area contributed by atoms with Gasteiger partial charge in [0.1, 0.15) is 19.5 Å². The van der Waals surface area contributed by atoms with Gasteiger partial charge in [-0.25, -0.2) is 4.98 Å². The lowest BCUT2D eigenvalue weighted by molar-refractivity contribution is 0.213. The van der Waals surface area contributed by atoms with Crippen LogP contribution < -0.4 is 4.74 Å². The van der Waals surface area contributed by atoms with Gasteiger partial charge in [0, 0.05) is 25.0 Å². The molecule has 0 saturated carbocycles. The number of nitrogens with zero attached hydrogens (tertiary/aromatic N) is 3. The number of para-hydroxylation sites is 1. The third-order valence-corrected chi connectivity index (χ3v) is 3.96. The number of aryl methyl sites for hydroxylation is 2. The predicted octanol–water partition coefficient (Wildman–Crippen LogP) is 3.71. The van der Waals surface area contributed by atoms with E-state index in [1.165, 1.54) is 7.11 Å². The zero-order chi connectivity index (χ0) is 17.6. The molecular formula is C20H21N3O2. The number of hydrogen-bond acceptors (Lipinski definition) is 4. The van der Waals surface area contributed by atoms with Gasteiger partial charge in [0.05, 0.1) is 0 Å². The molecule has 2 aromatic carbocycles. The lowest BCUT2D eigenvalue weighted by Crippen LogP contribution is -2.14. The molecule has 0 aliphatic carbocycles. The van der Waals surface area contributed by atoms with E-state index < -0.39 is 0 Å². The maximum absolute atomic E-state index is 6.02. The van der Waals surface area contributed by atoms with E-state index in [1.54, 1.807) is 6.20 Å². The molecule has 0 unspecified atom stereocenters. The van der Waals surface area contributed by atoms with Gasteiger partial charge < -0.3 is 14.1 Å². The molecule has 0 bridgehead atoms. The maximum Gasteiger partial charge on any atom is 0.162 e. The van der Waals surface area contributed by atoms with E-state index in [2.05, 4.69) is 10.1 Å². The van der Waals surface area contributed by atoms with Gasteiger partial charge in [0.2, 0.25) is 0 Å². The van der Waals surface area contributed by atoms with Gasteiger partial charge in [0.15, 0.2) is 11.5 Å². The minimum absolute atomic E-state index is 0.439. The molecule has 0 N–H and O–H groups in total. The number of ether oxygens (including phenoxy) is 1. The largest absolute Gasteiger partial charge is 0.489 e. The minimum atomic E-state index is 0.439. The summed E-state index contributed by atoms with van der Waals surface area (Å²) in [5.41, 5.74) is 3.74. The fraction of sp³-hybridized carbons (Fsp3) is 0.200. The average molecular weight is 335 g/mol. The normalized spacial score (nSPS) is 11.4. The first-order valence-electron chi connectivity index (χ1n) is 8.06. The van der Waals surface area contributed by atoms with Crippen molar-refractivity contribution < 1.29 is 9.57 Å². The molecule has 5 heteroatoms. The third kappa shape index (κ3) is 3.71. The highest BCUT2D eigenvalue weighted by Crippen LogP contribution is 2.20. The van der Waals surface area contributed by atoms with Crippen LogP contribution in [0.5, 0.6) is 5.75 Å². The van der Waals surface area contributed by atoms with Crippen molar-refractivity contribution in [2.45, 2.75) is 13.5 Å². The molecule has 25 heavy (non-hydrogen) atoms. The lowest BCUT2D eigenvalue weighted by Gasteiger charge is -2.13. The molecule has 0 aliphatic heterocycles. The van der Waals surface area contributed by atoms with Crippen molar-refractivity contribution >= 4 is 5.71 Å². The average Bonchev–Trinajstić information content (AvgIpc) is 3.05. The Bertz CT molecular complexity index is 884. The van der Waals surface area contributed by atoms with Gasteiger partial charge in [0.25, 0.3) is 0 Å². The first kappa shape index (κ1) is 16.8. The second-order valence-corrected chi connectivity index (χ2v) is 5.70. The molecule has 3 rings (SSSR count). The van der Waals surface area contributed by atoms with Crippen molar-refractivity contribution in [3.05, 3.63) is 83.4 Å². The zero-order valence-electron chi connectivity index (χ0n) is 14.6. The number of oxime groups is 1. The van der Waals surface area contributed by atoms with Crippen molar-refractivity contribution in [3.8, 4) is 5.75 Å². The van der Waals surface area contributed by atoms with Gasteiger partial charge in [-0.15, -0.1) is 0 Å². The van der Waals surface area contributed by atoms with Gasteiger partial charge in [-0.05, 0) is 24.1 Å². The topological polar surface area (TPSA) is 48.6 Å². The van der Waals surface area contributed by atoms with E-state index in [0.29, 0.717) is 12.3 Å². The molecule has 0 aliphatic rings. The van der Waals surface area contributed by atoms with E-state index in [-0.39, 0.29) is 0 Å². The van der Waals surface area contributed by atoms with Crippen LogP contribution >= 0.6 is 0 Å². The van der Waals surface area contributed by atoms with Crippen LogP contribution in [0.4, 0.5) is 0 Å². The highest BCUT2D eigenvalue weighted by atomic mass is 16.6. The molecule has 0 fully saturated rings. The summed E-state index contributed by atoms with van der Waals surface area (Å²) in [5, 5.41) is 4.21. The standard InChI is InChI=1S/C20H21N3O2/c1-15-8-4-7-11-18(15)25-14-16-9-5-6-10-17(16)19(22-24-3)20-21-12-13-23(20)2/h4-13H,14H2,1-3H3/b22-19+. The predicted molar refractivity (Wildman–Crippen MR) is 97.8 cm³/mol. The third-order valence-electron chi connectivity index (χ3n) is 3.96. The second kappa shape index (κ2) is 7.66. The number of benzene rings is 2. The van der Waals surface area contributed by atoms with E-state index in [0.717, 1.165) is 28.3 Å². The smallest absolute Gasteiger partial charge is 0.162 e. The molecule has 1 heterocycles. The van der Waals surface area contributed by atoms with Crippen LogP contribution in [0.15, 0.2) is 66.1 Å². The first-order chi connectivity index (χ1) is 12.2. The van der Waals surface area contributed by atoms with Crippen molar-refractivity contribution in [1.29, 1.82) is 0 Å². The first-order valence-corrected chi connectivity index (χ1v) is 8.06. The lowest BCUT2D eigenvalue weighted by atomic mass is 10.0. The SMILES string of the molecule is CO/N=C(\c1ccccc1COc1ccccc1C)c1nccn1C. The van der Waals surface area contributed by atoms with Crippen LogP contribution in [0.2, 0.25) is 0 Å². The van der Waals surface area contributed by atoms with Crippen LogP contribution in [0, 0.1) is 6.92 Å². The van der Waals surface area contributed by atoms with Crippen molar-refractivity contribution in [2.24, 2.45) is 12.2 Å². The summed E-state index contributed by atoms with van der Waals surface area (Å²) in [6, 6.07) is 16.0. The van der Waals surface area contributed by atoms with E-state index in [4.69, 9.17) is 9.57 Å². The van der Waals surface area contributed by atoms with Crippen molar-refractivity contribution in [2.75, 3.05) is 7.11 Å². The fourth-order valence-electron chi connectivity index (χ4n) is 2.65. The number of aromatic nitrogens is 2. The van der Waals surface area contributed by atoms with Gasteiger partial charge >= 0.3 is 0 Å². The van der Waals surface area contributed by atoms with Crippen LogP contribution in [0.25, 0.3) is 0 Å². The Morgan fingerprint density at radius 1 is 1.12 bits per heavy atom. The summed E-state index contributed by atoms with van der Waals surface area (Å²) in [4.78, 5) is 9.46. The minimum Gasteiger partial charge on any atom is -0.489 e. The Kier molecular flexibility index (Phi) is 5.14. The number of hydrogen-bond donors (Lipinski definition) is 0. The molecule has 3 aromatic rings. The fourth-order valence-corrected chi connectivity index (χ4v) is 2.65. The second-order valence-electron chi connectivity index (χ2n) is 5.70. The molecule has 1 aromatic heterocycles. The number of rotatable bonds is 6. The summed E-state index contributed by atoms with van der Waals surface area (Å²) in [6.45, 7) is 2.47. The van der Waals surface area contributed by atoms with E-state index in [9.17, 15) is 0 Å². The molecule has 0 radical (unpaired) electrons. The molecule has 0 spiro atoms. The highest BCUT2D eigenvalue weighted by Gasteiger charge is 2.16. The monoisotopic (exact) mass is 335 g/mol. The number of imidazole rings is 1. The summed E-state index contributed by atoms with van der Waals surface area (Å²) < 4.78 is 7.93. The van der Waals surface area contributed by atoms with Gasteiger partial charge in [-0.3, -0.25) is 0 Å². The van der Waals surface area contributed by atoms with Gasteiger partial charge in [-0.1, -0.05) is 47.6 Å².